The second-order valence-electron chi connectivity index (χ2n) is 4.83. The number of benzene rings is 1. The van der Waals surface area contributed by atoms with Crippen molar-refractivity contribution in [1.82, 2.24) is 4.90 Å². The van der Waals surface area contributed by atoms with E-state index in [1.165, 1.54) is 0 Å². The minimum Gasteiger partial charge on any atom is -0.493 e. The largest absolute Gasteiger partial charge is 0.493 e. The summed E-state index contributed by atoms with van der Waals surface area (Å²) in [6.45, 7) is 2.90. The fraction of sp³-hybridized carbons (Fsp3) is 0.538. The minimum absolute atomic E-state index is 0.00880. The Labute approximate surface area is 121 Å². The fourth-order valence-corrected chi connectivity index (χ4v) is 2.21. The number of rotatable bonds is 5. The van der Waals surface area contributed by atoms with Crippen LogP contribution < -0.4 is 9.64 Å². The van der Waals surface area contributed by atoms with E-state index in [1.54, 1.807) is 4.90 Å². The summed E-state index contributed by atoms with van der Waals surface area (Å²) in [6.07, 6.45) is 0. The quantitative estimate of drug-likeness (QED) is 0.363. The number of anilines is 1. The van der Waals surface area contributed by atoms with Crippen LogP contribution in [0.25, 0.3) is 10.4 Å². The van der Waals surface area contributed by atoms with Crippen LogP contribution in [0.1, 0.15) is 0 Å². The lowest BCUT2D eigenvalue weighted by molar-refractivity contribution is 0.308. The van der Waals surface area contributed by atoms with Gasteiger partial charge in [-0.05, 0) is 12.6 Å². The average molecular weight is 297 g/mol. The van der Waals surface area contributed by atoms with E-state index in [0.717, 1.165) is 25.2 Å². The molecule has 0 saturated carbocycles. The van der Waals surface area contributed by atoms with Gasteiger partial charge in [-0.1, -0.05) is 5.11 Å². The van der Waals surface area contributed by atoms with Crippen molar-refractivity contribution in [2.24, 2.45) is 5.11 Å². The Morgan fingerprint density at radius 1 is 1.24 bits per heavy atom. The lowest BCUT2D eigenvalue weighted by Gasteiger charge is -2.34. The van der Waals surface area contributed by atoms with E-state index in [4.69, 9.17) is 10.3 Å². The molecular formula is C13H17F2N5O. The van der Waals surface area contributed by atoms with Crippen LogP contribution in [0.15, 0.2) is 17.2 Å². The minimum atomic E-state index is -0.640. The van der Waals surface area contributed by atoms with E-state index in [0.29, 0.717) is 13.1 Å². The molecule has 1 fully saturated rings. The SMILES string of the molecule is CN1CCN(c2c(F)cc(OCCN=[N+]=[N-])cc2F)CC1. The summed E-state index contributed by atoms with van der Waals surface area (Å²) in [6, 6.07) is 2.32. The Morgan fingerprint density at radius 3 is 2.43 bits per heavy atom. The van der Waals surface area contributed by atoms with E-state index < -0.39 is 11.6 Å². The molecule has 1 aromatic rings. The number of nitrogens with zero attached hydrogens (tertiary/aromatic N) is 5. The van der Waals surface area contributed by atoms with Gasteiger partial charge in [0.25, 0.3) is 0 Å². The maximum atomic E-state index is 14.1. The standard InChI is InChI=1S/C13H17F2N5O/c1-19-3-5-20(6-4-19)13-11(14)8-10(9-12(13)15)21-7-2-17-18-16/h8-9H,2-7H2,1H3. The molecule has 0 unspecified atom stereocenters. The first kappa shape index (κ1) is 15.3. The molecule has 0 aromatic heterocycles. The average Bonchev–Trinajstić information content (AvgIpc) is 2.45. The molecule has 2 rings (SSSR count). The van der Waals surface area contributed by atoms with Crippen LogP contribution in [0.2, 0.25) is 0 Å². The van der Waals surface area contributed by atoms with E-state index >= 15 is 0 Å². The lowest BCUT2D eigenvalue weighted by atomic mass is 10.2. The molecule has 0 bridgehead atoms. The normalized spacial score (nSPS) is 15.7. The molecule has 1 heterocycles. The summed E-state index contributed by atoms with van der Waals surface area (Å²) in [4.78, 5) is 6.38. The zero-order valence-electron chi connectivity index (χ0n) is 11.8. The van der Waals surface area contributed by atoms with Gasteiger partial charge in [0.15, 0.2) is 11.6 Å². The van der Waals surface area contributed by atoms with Gasteiger partial charge in [0.1, 0.15) is 11.4 Å². The summed E-state index contributed by atoms with van der Waals surface area (Å²) in [5.74, 6) is -1.19. The van der Waals surface area contributed by atoms with Crippen molar-refractivity contribution in [2.75, 3.05) is 51.3 Å². The number of hydrogen-bond acceptors (Lipinski definition) is 4. The van der Waals surface area contributed by atoms with Crippen molar-refractivity contribution in [3.8, 4) is 5.75 Å². The first-order valence-electron chi connectivity index (χ1n) is 6.68. The number of likely N-dealkylation sites (N-methyl/N-ethyl adjacent to an activating group) is 1. The first-order valence-corrected chi connectivity index (χ1v) is 6.68. The molecule has 0 aliphatic carbocycles. The molecule has 6 nitrogen and oxygen atoms in total. The van der Waals surface area contributed by atoms with Crippen LogP contribution >= 0.6 is 0 Å². The van der Waals surface area contributed by atoms with Gasteiger partial charge in [-0.2, -0.15) is 0 Å². The number of hydrogen-bond donors (Lipinski definition) is 0. The third kappa shape index (κ3) is 3.96. The van der Waals surface area contributed by atoms with Crippen LogP contribution in [0.4, 0.5) is 14.5 Å². The molecule has 1 aliphatic rings. The summed E-state index contributed by atoms with van der Waals surface area (Å²) < 4.78 is 33.4. The third-order valence-electron chi connectivity index (χ3n) is 3.33. The maximum Gasteiger partial charge on any atom is 0.153 e. The van der Waals surface area contributed by atoms with E-state index in [2.05, 4.69) is 14.9 Å². The second-order valence-corrected chi connectivity index (χ2v) is 4.83. The van der Waals surface area contributed by atoms with E-state index in [-0.39, 0.29) is 24.6 Å². The predicted octanol–water partition coefficient (Wildman–Crippen LogP) is 2.41. The topological polar surface area (TPSA) is 64.5 Å². The monoisotopic (exact) mass is 297 g/mol. The number of halogens is 2. The smallest absolute Gasteiger partial charge is 0.153 e. The zero-order chi connectivity index (χ0) is 15.2. The molecule has 21 heavy (non-hydrogen) atoms. The van der Waals surface area contributed by atoms with Crippen molar-refractivity contribution < 1.29 is 13.5 Å². The Hall–Kier alpha value is -2.05. The van der Waals surface area contributed by atoms with Crippen molar-refractivity contribution in [2.45, 2.75) is 0 Å². The number of azide groups is 1. The Kier molecular flexibility index (Phi) is 5.19. The fourth-order valence-electron chi connectivity index (χ4n) is 2.21. The molecule has 0 atom stereocenters. The summed E-state index contributed by atoms with van der Waals surface area (Å²) in [7, 11) is 1.98. The van der Waals surface area contributed by atoms with Crippen LogP contribution in [0.5, 0.6) is 5.75 Å². The second kappa shape index (κ2) is 7.10. The molecule has 114 valence electrons. The summed E-state index contributed by atoms with van der Waals surface area (Å²) in [5.41, 5.74) is 8.12. The van der Waals surface area contributed by atoms with Crippen molar-refractivity contribution >= 4 is 5.69 Å². The van der Waals surface area contributed by atoms with Crippen LogP contribution in [0, 0.1) is 11.6 Å². The molecule has 0 amide bonds. The summed E-state index contributed by atoms with van der Waals surface area (Å²) >= 11 is 0. The van der Waals surface area contributed by atoms with Gasteiger partial charge in [-0.15, -0.1) is 0 Å². The molecule has 1 aliphatic heterocycles. The molecule has 1 aromatic carbocycles. The highest BCUT2D eigenvalue weighted by Crippen LogP contribution is 2.28. The predicted molar refractivity (Wildman–Crippen MR) is 75.6 cm³/mol. The Morgan fingerprint density at radius 2 is 1.86 bits per heavy atom. The number of ether oxygens (including phenoxy) is 1. The lowest BCUT2D eigenvalue weighted by Crippen LogP contribution is -2.45. The molecular weight excluding hydrogens is 280 g/mol. The van der Waals surface area contributed by atoms with Gasteiger partial charge in [0, 0.05) is 43.2 Å². The Balaban J connectivity index is 2.08. The van der Waals surface area contributed by atoms with Gasteiger partial charge < -0.3 is 14.5 Å². The maximum absolute atomic E-state index is 14.1. The highest BCUT2D eigenvalue weighted by atomic mass is 19.1. The highest BCUT2D eigenvalue weighted by molar-refractivity contribution is 5.52. The van der Waals surface area contributed by atoms with Crippen LogP contribution in [0.3, 0.4) is 0 Å². The van der Waals surface area contributed by atoms with Gasteiger partial charge in [0.05, 0.1) is 13.2 Å². The van der Waals surface area contributed by atoms with Crippen molar-refractivity contribution in [3.05, 3.63) is 34.2 Å². The van der Waals surface area contributed by atoms with E-state index in [1.807, 2.05) is 7.05 Å². The van der Waals surface area contributed by atoms with Crippen molar-refractivity contribution in [3.63, 3.8) is 0 Å². The third-order valence-corrected chi connectivity index (χ3v) is 3.33. The zero-order valence-corrected chi connectivity index (χ0v) is 11.8. The van der Waals surface area contributed by atoms with Crippen molar-refractivity contribution in [1.29, 1.82) is 0 Å². The van der Waals surface area contributed by atoms with Gasteiger partial charge >= 0.3 is 0 Å². The molecule has 0 radical (unpaired) electrons. The van der Waals surface area contributed by atoms with Crippen LogP contribution in [-0.4, -0.2) is 51.3 Å². The number of piperazine rings is 1. The molecule has 0 N–H and O–H groups in total. The van der Waals surface area contributed by atoms with Gasteiger partial charge in [-0.3, -0.25) is 0 Å². The highest BCUT2D eigenvalue weighted by Gasteiger charge is 2.21. The van der Waals surface area contributed by atoms with Gasteiger partial charge in [0.2, 0.25) is 0 Å². The van der Waals surface area contributed by atoms with E-state index in [9.17, 15) is 8.78 Å². The molecule has 1 saturated heterocycles. The molecule has 0 spiro atoms. The Bertz CT molecular complexity index is 516. The first-order chi connectivity index (χ1) is 10.1. The van der Waals surface area contributed by atoms with Gasteiger partial charge in [-0.25, -0.2) is 8.78 Å². The van der Waals surface area contributed by atoms with Crippen LogP contribution in [-0.2, 0) is 0 Å². The molecule has 8 heteroatoms. The summed E-state index contributed by atoms with van der Waals surface area (Å²) in [5, 5.41) is 3.28.